The van der Waals surface area contributed by atoms with Crippen molar-refractivity contribution in [1.82, 2.24) is 19.5 Å². The zero-order valence-electron chi connectivity index (χ0n) is 17.8. The highest BCUT2D eigenvalue weighted by atomic mass is 32.2. The van der Waals surface area contributed by atoms with Crippen LogP contribution in [0.3, 0.4) is 0 Å². The third kappa shape index (κ3) is 7.13. The van der Waals surface area contributed by atoms with E-state index in [2.05, 4.69) is 20.2 Å². The summed E-state index contributed by atoms with van der Waals surface area (Å²) < 4.78 is 37.4. The molecule has 1 fully saturated rings. The van der Waals surface area contributed by atoms with E-state index in [1.807, 2.05) is 32.9 Å². The van der Waals surface area contributed by atoms with Crippen molar-refractivity contribution in [2.45, 2.75) is 33.4 Å². The van der Waals surface area contributed by atoms with Crippen LogP contribution >= 0.6 is 0 Å². The van der Waals surface area contributed by atoms with E-state index in [4.69, 9.17) is 9.47 Å². The Morgan fingerprint density at radius 1 is 1.31 bits per heavy atom. The number of pyridine rings is 1. The number of hydrogen-bond acceptors (Lipinski definition) is 6. The largest absolute Gasteiger partial charge is 0.478 e. The highest BCUT2D eigenvalue weighted by Crippen LogP contribution is 2.14. The highest BCUT2D eigenvalue weighted by molar-refractivity contribution is 7.89. The lowest BCUT2D eigenvalue weighted by atomic mass is 10.2. The van der Waals surface area contributed by atoms with E-state index in [-0.39, 0.29) is 18.5 Å². The van der Waals surface area contributed by atoms with Crippen molar-refractivity contribution in [3.8, 4) is 5.88 Å². The third-order valence-electron chi connectivity index (χ3n) is 4.50. The lowest BCUT2D eigenvalue weighted by Crippen LogP contribution is -2.54. The number of ether oxygens (including phenoxy) is 2. The fourth-order valence-corrected chi connectivity index (χ4v) is 4.31. The minimum atomic E-state index is -3.31. The summed E-state index contributed by atoms with van der Waals surface area (Å²) in [6.45, 7) is 9.04. The summed E-state index contributed by atoms with van der Waals surface area (Å²) in [6, 6.07) is 3.83. The van der Waals surface area contributed by atoms with Crippen molar-refractivity contribution in [1.29, 1.82) is 0 Å². The molecule has 0 amide bonds. The van der Waals surface area contributed by atoms with E-state index < -0.39 is 10.0 Å². The normalized spacial score (nSPS) is 16.3. The Kier molecular flexibility index (Phi) is 9.12. The average molecular weight is 428 g/mol. The maximum atomic E-state index is 12.5. The molecule has 0 unspecified atom stereocenters. The number of hydrogen-bond donors (Lipinski definition) is 1. The van der Waals surface area contributed by atoms with Crippen LogP contribution in [-0.4, -0.2) is 86.9 Å². The molecule has 2 rings (SSSR count). The lowest BCUT2D eigenvalue weighted by molar-refractivity contribution is 0.0904. The molecule has 1 aliphatic heterocycles. The van der Waals surface area contributed by atoms with Gasteiger partial charge in [-0.25, -0.2) is 13.4 Å². The van der Waals surface area contributed by atoms with Gasteiger partial charge in [0.25, 0.3) is 0 Å². The lowest BCUT2D eigenvalue weighted by Gasteiger charge is -2.35. The van der Waals surface area contributed by atoms with E-state index in [0.717, 1.165) is 11.5 Å². The Morgan fingerprint density at radius 2 is 2.03 bits per heavy atom. The van der Waals surface area contributed by atoms with Crippen LogP contribution in [0.15, 0.2) is 23.3 Å². The summed E-state index contributed by atoms with van der Waals surface area (Å²) in [6.07, 6.45) is 1.73. The Bertz CT molecular complexity index is 762. The maximum Gasteiger partial charge on any atom is 0.218 e. The molecule has 29 heavy (non-hydrogen) atoms. The van der Waals surface area contributed by atoms with Crippen molar-refractivity contribution in [2.24, 2.45) is 4.99 Å². The van der Waals surface area contributed by atoms with Gasteiger partial charge in [-0.3, -0.25) is 4.99 Å². The summed E-state index contributed by atoms with van der Waals surface area (Å²) in [5.41, 5.74) is 0.946. The summed E-state index contributed by atoms with van der Waals surface area (Å²) in [5.74, 6) is 1.35. The van der Waals surface area contributed by atoms with Crippen molar-refractivity contribution in [3.63, 3.8) is 0 Å². The number of nitrogens with zero attached hydrogens (tertiary/aromatic N) is 4. The molecule has 164 valence electrons. The van der Waals surface area contributed by atoms with Crippen LogP contribution in [0.5, 0.6) is 5.88 Å². The van der Waals surface area contributed by atoms with Gasteiger partial charge in [-0.2, -0.15) is 4.31 Å². The van der Waals surface area contributed by atoms with Gasteiger partial charge >= 0.3 is 0 Å². The molecular formula is C19H33N5O4S. The van der Waals surface area contributed by atoms with Crippen molar-refractivity contribution >= 4 is 16.0 Å². The first-order chi connectivity index (χ1) is 13.9. The van der Waals surface area contributed by atoms with Crippen LogP contribution in [0.4, 0.5) is 0 Å². The number of sulfonamides is 1. The molecule has 0 bridgehead atoms. The molecule has 1 N–H and O–H groups in total. The molecule has 0 aliphatic carbocycles. The SMILES string of the molecule is CCOc1ncccc1CNC(=NC)N1CCN(S(=O)(=O)CCOC(C)C)CC1. The first kappa shape index (κ1) is 23.4. The smallest absolute Gasteiger partial charge is 0.218 e. The molecule has 1 aromatic rings. The van der Waals surface area contributed by atoms with E-state index >= 15 is 0 Å². The number of nitrogens with one attached hydrogen (secondary N) is 1. The van der Waals surface area contributed by atoms with Gasteiger partial charge in [0.15, 0.2) is 5.96 Å². The topological polar surface area (TPSA) is 96.4 Å². The van der Waals surface area contributed by atoms with E-state index in [1.54, 1.807) is 13.2 Å². The van der Waals surface area contributed by atoms with Gasteiger partial charge in [0, 0.05) is 51.5 Å². The average Bonchev–Trinajstić information content (AvgIpc) is 2.70. The monoisotopic (exact) mass is 427 g/mol. The molecule has 2 heterocycles. The summed E-state index contributed by atoms with van der Waals surface area (Å²) in [7, 11) is -1.58. The minimum Gasteiger partial charge on any atom is -0.478 e. The molecule has 0 atom stereocenters. The van der Waals surface area contributed by atoms with Gasteiger partial charge in [-0.05, 0) is 26.8 Å². The van der Waals surface area contributed by atoms with Gasteiger partial charge in [0.05, 0.1) is 25.1 Å². The van der Waals surface area contributed by atoms with Gasteiger partial charge in [-0.15, -0.1) is 0 Å². The van der Waals surface area contributed by atoms with Crippen LogP contribution in [0, 0.1) is 0 Å². The second kappa shape index (κ2) is 11.3. The maximum absolute atomic E-state index is 12.5. The zero-order chi connectivity index (χ0) is 21.3. The second-order valence-electron chi connectivity index (χ2n) is 6.92. The number of guanidine groups is 1. The molecule has 9 nitrogen and oxygen atoms in total. The van der Waals surface area contributed by atoms with Crippen LogP contribution in [0.25, 0.3) is 0 Å². The predicted octanol–water partition coefficient (Wildman–Crippen LogP) is 0.928. The van der Waals surface area contributed by atoms with Crippen molar-refractivity contribution < 1.29 is 17.9 Å². The Hall–Kier alpha value is -1.91. The Balaban J connectivity index is 1.87. The molecule has 1 aliphatic rings. The van der Waals surface area contributed by atoms with E-state index in [0.29, 0.717) is 45.2 Å². The quantitative estimate of drug-likeness (QED) is 0.463. The number of piperazine rings is 1. The fourth-order valence-electron chi connectivity index (χ4n) is 3.03. The van der Waals surface area contributed by atoms with Gasteiger partial charge < -0.3 is 19.7 Å². The van der Waals surface area contributed by atoms with E-state index in [9.17, 15) is 8.42 Å². The van der Waals surface area contributed by atoms with Crippen molar-refractivity contribution in [2.75, 3.05) is 52.2 Å². The number of rotatable bonds is 9. The molecule has 0 aromatic carbocycles. The van der Waals surface area contributed by atoms with E-state index in [1.165, 1.54) is 4.31 Å². The first-order valence-corrected chi connectivity index (χ1v) is 11.6. The molecule has 10 heteroatoms. The fraction of sp³-hybridized carbons (Fsp3) is 0.684. The van der Waals surface area contributed by atoms with Gasteiger partial charge in [-0.1, -0.05) is 6.07 Å². The zero-order valence-corrected chi connectivity index (χ0v) is 18.6. The van der Waals surface area contributed by atoms with Gasteiger partial charge in [0.2, 0.25) is 15.9 Å². The molecule has 0 radical (unpaired) electrons. The van der Waals surface area contributed by atoms with Crippen LogP contribution in [0.1, 0.15) is 26.3 Å². The van der Waals surface area contributed by atoms with Gasteiger partial charge in [0.1, 0.15) is 0 Å². The second-order valence-corrected chi connectivity index (χ2v) is 9.01. The standard InChI is InChI=1S/C19H33N5O4S/c1-5-27-18-17(7-6-8-21-18)15-22-19(20-4)23-9-11-24(12-10-23)29(25,26)14-13-28-16(2)3/h6-8,16H,5,9-15H2,1-4H3,(H,20,22). The summed E-state index contributed by atoms with van der Waals surface area (Å²) >= 11 is 0. The van der Waals surface area contributed by atoms with Crippen LogP contribution in [-0.2, 0) is 21.3 Å². The van der Waals surface area contributed by atoms with Crippen LogP contribution < -0.4 is 10.1 Å². The molecular weight excluding hydrogens is 394 g/mol. The summed E-state index contributed by atoms with van der Waals surface area (Å²) in [4.78, 5) is 10.7. The van der Waals surface area contributed by atoms with Crippen LogP contribution in [0.2, 0.25) is 0 Å². The number of aliphatic imine (C=N–C) groups is 1. The first-order valence-electron chi connectivity index (χ1n) is 9.99. The molecule has 1 aromatic heterocycles. The predicted molar refractivity (Wildman–Crippen MR) is 114 cm³/mol. The molecule has 1 saturated heterocycles. The third-order valence-corrected chi connectivity index (χ3v) is 6.34. The molecule has 0 saturated carbocycles. The Morgan fingerprint density at radius 3 is 2.66 bits per heavy atom. The molecule has 0 spiro atoms. The highest BCUT2D eigenvalue weighted by Gasteiger charge is 2.28. The Labute approximate surface area is 174 Å². The van der Waals surface area contributed by atoms with Crippen molar-refractivity contribution in [3.05, 3.63) is 23.9 Å². The number of aromatic nitrogens is 1. The minimum absolute atomic E-state index is 0.0133. The summed E-state index contributed by atoms with van der Waals surface area (Å²) in [5, 5.41) is 3.32.